The summed E-state index contributed by atoms with van der Waals surface area (Å²) in [5.41, 5.74) is 5.86. The molecule has 2 fully saturated rings. The maximum atomic E-state index is 12.0. The Labute approximate surface area is 102 Å². The molecule has 0 spiro atoms. The van der Waals surface area contributed by atoms with Crippen LogP contribution < -0.4 is 5.73 Å². The third-order valence-electron chi connectivity index (χ3n) is 2.97. The van der Waals surface area contributed by atoms with Crippen LogP contribution in [0.2, 0.25) is 0 Å². The number of thioether (sulfide) groups is 1. The number of halogens is 1. The first-order valence-electron chi connectivity index (χ1n) is 5.43. The van der Waals surface area contributed by atoms with E-state index in [1.165, 1.54) is 6.42 Å². The zero-order valence-electron chi connectivity index (χ0n) is 8.85. The quantitative estimate of drug-likeness (QED) is 0.762. The number of carbonyl (C=O) groups is 1. The third-order valence-corrected chi connectivity index (χ3v) is 4.34. The summed E-state index contributed by atoms with van der Waals surface area (Å²) in [5, 5.41) is 0.236. The second kappa shape index (κ2) is 5.97. The predicted molar refractivity (Wildman–Crippen MR) is 66.5 cm³/mol. The topological polar surface area (TPSA) is 46.3 Å². The van der Waals surface area contributed by atoms with E-state index in [-0.39, 0.29) is 23.7 Å². The van der Waals surface area contributed by atoms with E-state index in [9.17, 15) is 4.79 Å². The second-order valence-electron chi connectivity index (χ2n) is 4.19. The van der Waals surface area contributed by atoms with Crippen molar-refractivity contribution in [1.82, 2.24) is 4.90 Å². The van der Waals surface area contributed by atoms with Crippen LogP contribution in [0.5, 0.6) is 0 Å². The first-order valence-corrected chi connectivity index (χ1v) is 6.48. The Morgan fingerprint density at radius 1 is 1.33 bits per heavy atom. The molecule has 0 saturated carbocycles. The van der Waals surface area contributed by atoms with Crippen molar-refractivity contribution >= 4 is 30.1 Å². The van der Waals surface area contributed by atoms with Gasteiger partial charge in [0.15, 0.2) is 0 Å². The zero-order chi connectivity index (χ0) is 9.97. The van der Waals surface area contributed by atoms with Crippen LogP contribution in [0.15, 0.2) is 0 Å². The van der Waals surface area contributed by atoms with E-state index in [1.807, 2.05) is 16.7 Å². The van der Waals surface area contributed by atoms with Crippen LogP contribution in [0.4, 0.5) is 0 Å². The molecular formula is C10H19ClN2OS. The van der Waals surface area contributed by atoms with E-state index in [0.717, 1.165) is 38.1 Å². The molecule has 0 bridgehead atoms. The van der Waals surface area contributed by atoms with E-state index in [2.05, 4.69) is 0 Å². The van der Waals surface area contributed by atoms with Gasteiger partial charge < -0.3 is 10.6 Å². The lowest BCUT2D eigenvalue weighted by molar-refractivity contribution is -0.131. The maximum Gasteiger partial charge on any atom is 0.235 e. The molecule has 2 aliphatic heterocycles. The Hall–Kier alpha value is 0.0700. The van der Waals surface area contributed by atoms with Crippen molar-refractivity contribution in [1.29, 1.82) is 0 Å². The van der Waals surface area contributed by atoms with Gasteiger partial charge in [0.1, 0.15) is 0 Å². The fraction of sp³-hybridized carbons (Fsp3) is 0.900. The van der Waals surface area contributed by atoms with Gasteiger partial charge in [-0.15, -0.1) is 24.2 Å². The molecule has 15 heavy (non-hydrogen) atoms. The van der Waals surface area contributed by atoms with E-state index < -0.39 is 0 Å². The highest BCUT2D eigenvalue weighted by Gasteiger charge is 2.29. The van der Waals surface area contributed by atoms with Gasteiger partial charge in [-0.3, -0.25) is 4.79 Å². The van der Waals surface area contributed by atoms with Gasteiger partial charge in [0.05, 0.1) is 5.25 Å². The Kier molecular flexibility index (Phi) is 5.23. The van der Waals surface area contributed by atoms with Crippen molar-refractivity contribution < 1.29 is 4.79 Å². The summed E-state index contributed by atoms with van der Waals surface area (Å²) < 4.78 is 0. The normalized spacial score (nSPS) is 31.1. The molecule has 3 nitrogen and oxygen atoms in total. The zero-order valence-corrected chi connectivity index (χ0v) is 10.5. The van der Waals surface area contributed by atoms with Gasteiger partial charge in [0.25, 0.3) is 0 Å². The molecule has 0 radical (unpaired) electrons. The van der Waals surface area contributed by atoms with Gasteiger partial charge in [0, 0.05) is 19.1 Å². The van der Waals surface area contributed by atoms with Crippen molar-refractivity contribution in [2.75, 3.05) is 18.8 Å². The summed E-state index contributed by atoms with van der Waals surface area (Å²) in [4.78, 5) is 14.0. The van der Waals surface area contributed by atoms with Gasteiger partial charge in [-0.1, -0.05) is 0 Å². The summed E-state index contributed by atoms with van der Waals surface area (Å²) >= 11 is 1.81. The number of likely N-dealkylation sites (tertiary alicyclic amines) is 1. The number of hydrogen-bond donors (Lipinski definition) is 1. The number of nitrogens with two attached hydrogens (primary N) is 1. The largest absolute Gasteiger partial charge is 0.340 e. The second-order valence-corrected chi connectivity index (χ2v) is 5.50. The summed E-state index contributed by atoms with van der Waals surface area (Å²) in [6.07, 6.45) is 4.40. The highest BCUT2D eigenvalue weighted by molar-refractivity contribution is 8.00. The number of rotatable bonds is 1. The Bertz CT molecular complexity index is 221. The third kappa shape index (κ3) is 3.26. The van der Waals surface area contributed by atoms with Gasteiger partial charge in [0.2, 0.25) is 5.91 Å². The lowest BCUT2D eigenvalue weighted by Gasteiger charge is -2.32. The van der Waals surface area contributed by atoms with Crippen molar-refractivity contribution in [2.24, 2.45) is 5.73 Å². The van der Waals surface area contributed by atoms with Crippen molar-refractivity contribution in [3.05, 3.63) is 0 Å². The van der Waals surface area contributed by atoms with Crippen LogP contribution in [0.25, 0.3) is 0 Å². The predicted octanol–water partition coefficient (Wildman–Crippen LogP) is 1.25. The minimum Gasteiger partial charge on any atom is -0.340 e. The van der Waals surface area contributed by atoms with E-state index in [1.54, 1.807) is 0 Å². The van der Waals surface area contributed by atoms with E-state index >= 15 is 0 Å². The van der Waals surface area contributed by atoms with Crippen molar-refractivity contribution in [3.8, 4) is 0 Å². The Morgan fingerprint density at radius 3 is 2.73 bits per heavy atom. The van der Waals surface area contributed by atoms with Crippen LogP contribution in [0, 0.1) is 0 Å². The monoisotopic (exact) mass is 250 g/mol. The molecule has 5 heteroatoms. The fourth-order valence-corrected chi connectivity index (χ4v) is 3.43. The molecule has 2 rings (SSSR count). The summed E-state index contributed by atoms with van der Waals surface area (Å²) in [6, 6.07) is 0.208. The highest BCUT2D eigenvalue weighted by atomic mass is 35.5. The maximum absolute atomic E-state index is 12.0. The van der Waals surface area contributed by atoms with E-state index in [0.29, 0.717) is 5.91 Å². The van der Waals surface area contributed by atoms with Gasteiger partial charge >= 0.3 is 0 Å². The molecule has 0 aromatic heterocycles. The highest BCUT2D eigenvalue weighted by Crippen LogP contribution is 2.28. The minimum atomic E-state index is 0. The lowest BCUT2D eigenvalue weighted by Crippen LogP contribution is -2.48. The molecular weight excluding hydrogens is 232 g/mol. The van der Waals surface area contributed by atoms with Crippen LogP contribution >= 0.6 is 24.2 Å². The van der Waals surface area contributed by atoms with E-state index in [4.69, 9.17) is 5.73 Å². The molecule has 2 atom stereocenters. The van der Waals surface area contributed by atoms with Crippen LogP contribution in [-0.2, 0) is 4.79 Å². The molecule has 2 heterocycles. The molecule has 2 saturated heterocycles. The van der Waals surface area contributed by atoms with Gasteiger partial charge in [-0.25, -0.2) is 0 Å². The number of nitrogens with zero attached hydrogens (tertiary/aromatic N) is 1. The first-order chi connectivity index (χ1) is 6.77. The van der Waals surface area contributed by atoms with Crippen LogP contribution in [-0.4, -0.2) is 40.9 Å². The SMILES string of the molecule is Cl.NC1CCCN(C(=O)C2CCCS2)C1. The Morgan fingerprint density at radius 2 is 2.13 bits per heavy atom. The molecule has 2 aliphatic rings. The number of carbonyl (C=O) groups excluding carboxylic acids is 1. The smallest absolute Gasteiger partial charge is 0.235 e. The number of piperidine rings is 1. The number of amides is 1. The molecule has 2 unspecified atom stereocenters. The average Bonchev–Trinajstić information content (AvgIpc) is 2.69. The number of hydrogen-bond acceptors (Lipinski definition) is 3. The molecule has 0 aromatic carbocycles. The Balaban J connectivity index is 0.00000112. The van der Waals surface area contributed by atoms with Crippen LogP contribution in [0.1, 0.15) is 25.7 Å². The molecule has 0 aromatic rings. The average molecular weight is 251 g/mol. The summed E-state index contributed by atoms with van der Waals surface area (Å²) in [6.45, 7) is 1.69. The summed E-state index contributed by atoms with van der Waals surface area (Å²) in [5.74, 6) is 1.48. The minimum absolute atomic E-state index is 0. The molecule has 2 N–H and O–H groups in total. The first kappa shape index (κ1) is 13.1. The van der Waals surface area contributed by atoms with Gasteiger partial charge in [-0.05, 0) is 31.4 Å². The fourth-order valence-electron chi connectivity index (χ4n) is 2.19. The summed E-state index contributed by atoms with van der Waals surface area (Å²) in [7, 11) is 0. The van der Waals surface area contributed by atoms with Gasteiger partial charge in [-0.2, -0.15) is 0 Å². The van der Waals surface area contributed by atoms with Crippen LogP contribution in [0.3, 0.4) is 0 Å². The molecule has 0 aliphatic carbocycles. The standard InChI is InChI=1S/C10H18N2OS.ClH/c11-8-3-1-5-12(7-8)10(13)9-4-2-6-14-9;/h8-9H,1-7,11H2;1H. The molecule has 88 valence electrons. The van der Waals surface area contributed by atoms with Crippen molar-refractivity contribution in [2.45, 2.75) is 37.0 Å². The molecule has 1 amide bonds. The van der Waals surface area contributed by atoms with Crippen molar-refractivity contribution in [3.63, 3.8) is 0 Å². The lowest BCUT2D eigenvalue weighted by atomic mass is 10.1.